The molecule has 0 heterocycles. The lowest BCUT2D eigenvalue weighted by molar-refractivity contribution is 0.0136. The van der Waals surface area contributed by atoms with Crippen LogP contribution in [0.4, 0.5) is 0 Å². The summed E-state index contributed by atoms with van der Waals surface area (Å²) in [5.74, 6) is 0.606. The fraction of sp³-hybridized carbons (Fsp3) is 1.00. The Morgan fingerprint density at radius 3 is 2.00 bits per heavy atom. The first-order chi connectivity index (χ1) is 10.1. The number of rotatable bonds is 15. The van der Waals surface area contributed by atoms with E-state index in [1.165, 1.54) is 0 Å². The number of hydrogen-bond acceptors (Lipinski definition) is 5. The lowest BCUT2D eigenvalue weighted by Crippen LogP contribution is -2.38. The molecule has 21 heavy (non-hydrogen) atoms. The minimum Gasteiger partial charge on any atom is -0.383 e. The molecule has 5 heteroatoms. The van der Waals surface area contributed by atoms with Crippen molar-refractivity contribution in [1.29, 1.82) is 0 Å². The first kappa shape index (κ1) is 20.8. The summed E-state index contributed by atoms with van der Waals surface area (Å²) in [5, 5.41) is 3.46. The Morgan fingerprint density at radius 2 is 1.43 bits per heavy atom. The summed E-state index contributed by atoms with van der Waals surface area (Å²) in [6.45, 7) is 12.8. The van der Waals surface area contributed by atoms with Crippen molar-refractivity contribution in [2.45, 2.75) is 27.2 Å². The molecule has 0 bridgehead atoms. The van der Waals surface area contributed by atoms with Crippen LogP contribution in [0.25, 0.3) is 0 Å². The Kier molecular flexibility index (Phi) is 13.3. The lowest BCUT2D eigenvalue weighted by Gasteiger charge is -2.34. The van der Waals surface area contributed by atoms with E-state index in [1.54, 1.807) is 14.2 Å². The van der Waals surface area contributed by atoms with Crippen LogP contribution in [0.2, 0.25) is 0 Å². The van der Waals surface area contributed by atoms with Gasteiger partial charge in [0.15, 0.2) is 0 Å². The van der Waals surface area contributed by atoms with Gasteiger partial charge >= 0.3 is 0 Å². The third-order valence-electron chi connectivity index (χ3n) is 4.03. The van der Waals surface area contributed by atoms with Crippen LogP contribution in [0.3, 0.4) is 0 Å². The second-order valence-corrected chi connectivity index (χ2v) is 5.95. The van der Waals surface area contributed by atoms with Crippen molar-refractivity contribution in [2.24, 2.45) is 11.3 Å². The summed E-state index contributed by atoms with van der Waals surface area (Å²) in [7, 11) is 3.40. The molecule has 0 aromatic carbocycles. The summed E-state index contributed by atoms with van der Waals surface area (Å²) in [6.07, 6.45) is 1.04. The summed E-state index contributed by atoms with van der Waals surface area (Å²) in [6, 6.07) is 0. The topological polar surface area (TPSA) is 49.0 Å². The fourth-order valence-corrected chi connectivity index (χ4v) is 1.90. The third-order valence-corrected chi connectivity index (χ3v) is 4.03. The van der Waals surface area contributed by atoms with Gasteiger partial charge in [0, 0.05) is 33.9 Å². The average Bonchev–Trinajstić information content (AvgIpc) is 2.46. The fourth-order valence-electron chi connectivity index (χ4n) is 1.90. The van der Waals surface area contributed by atoms with E-state index in [9.17, 15) is 0 Å². The molecule has 1 N–H and O–H groups in total. The van der Waals surface area contributed by atoms with Gasteiger partial charge in [-0.15, -0.1) is 0 Å². The molecular formula is C16H35NO4. The van der Waals surface area contributed by atoms with E-state index >= 15 is 0 Å². The van der Waals surface area contributed by atoms with Gasteiger partial charge in [0.1, 0.15) is 0 Å². The van der Waals surface area contributed by atoms with Crippen LogP contribution in [-0.2, 0) is 18.9 Å². The second kappa shape index (κ2) is 13.5. The van der Waals surface area contributed by atoms with Gasteiger partial charge in [-0.05, 0) is 17.8 Å². The number of nitrogens with one attached hydrogen (secondary N) is 1. The molecule has 0 aliphatic rings. The maximum atomic E-state index is 5.67. The molecule has 0 amide bonds. The highest BCUT2D eigenvalue weighted by molar-refractivity contribution is 4.80. The van der Waals surface area contributed by atoms with Crippen molar-refractivity contribution in [1.82, 2.24) is 5.32 Å². The molecule has 0 fully saturated rings. The Labute approximate surface area is 130 Å². The number of hydrogen-bond donors (Lipinski definition) is 1. The molecular weight excluding hydrogens is 270 g/mol. The van der Waals surface area contributed by atoms with Crippen LogP contribution in [0.1, 0.15) is 27.2 Å². The van der Waals surface area contributed by atoms with Gasteiger partial charge in [0.2, 0.25) is 0 Å². The average molecular weight is 305 g/mol. The standard InChI is InChI=1S/C16H35NO4/c1-15(2)16(3,14-17-7-9-18-4)6-8-20-12-13-21-11-10-19-5/h15,17H,6-14H2,1-5H3. The highest BCUT2D eigenvalue weighted by Crippen LogP contribution is 2.30. The zero-order valence-corrected chi connectivity index (χ0v) is 14.6. The molecule has 0 aliphatic heterocycles. The highest BCUT2D eigenvalue weighted by atomic mass is 16.5. The summed E-state index contributed by atoms with van der Waals surface area (Å²) in [5.41, 5.74) is 0.241. The minimum atomic E-state index is 0.241. The van der Waals surface area contributed by atoms with Gasteiger partial charge in [-0.1, -0.05) is 20.8 Å². The van der Waals surface area contributed by atoms with E-state index in [0.29, 0.717) is 32.3 Å². The van der Waals surface area contributed by atoms with Crippen LogP contribution in [0.5, 0.6) is 0 Å². The van der Waals surface area contributed by atoms with Gasteiger partial charge in [0.05, 0.1) is 33.0 Å². The van der Waals surface area contributed by atoms with Crippen LogP contribution in [-0.4, -0.2) is 67.0 Å². The smallest absolute Gasteiger partial charge is 0.0701 e. The predicted octanol–water partition coefficient (Wildman–Crippen LogP) is 1.95. The molecule has 0 aromatic rings. The van der Waals surface area contributed by atoms with Crippen LogP contribution >= 0.6 is 0 Å². The van der Waals surface area contributed by atoms with Crippen molar-refractivity contribution in [3.05, 3.63) is 0 Å². The Bertz CT molecular complexity index is 226. The second-order valence-electron chi connectivity index (χ2n) is 5.95. The van der Waals surface area contributed by atoms with Gasteiger partial charge in [-0.2, -0.15) is 0 Å². The zero-order valence-electron chi connectivity index (χ0n) is 14.6. The summed E-state index contributed by atoms with van der Waals surface area (Å²) in [4.78, 5) is 0. The first-order valence-electron chi connectivity index (χ1n) is 7.91. The van der Waals surface area contributed by atoms with Gasteiger partial charge in [0.25, 0.3) is 0 Å². The summed E-state index contributed by atoms with van der Waals surface area (Å²) >= 11 is 0. The van der Waals surface area contributed by atoms with Crippen molar-refractivity contribution >= 4 is 0 Å². The SMILES string of the molecule is COCCNCC(C)(CCOCCOCCOC)C(C)C. The molecule has 0 spiro atoms. The summed E-state index contributed by atoms with van der Waals surface area (Å²) < 4.78 is 21.0. The van der Waals surface area contributed by atoms with Crippen LogP contribution in [0, 0.1) is 11.3 Å². The third kappa shape index (κ3) is 11.1. The van der Waals surface area contributed by atoms with Crippen molar-refractivity contribution in [3.63, 3.8) is 0 Å². The number of ether oxygens (including phenoxy) is 4. The Morgan fingerprint density at radius 1 is 0.857 bits per heavy atom. The van der Waals surface area contributed by atoms with E-state index in [2.05, 4.69) is 26.1 Å². The largest absolute Gasteiger partial charge is 0.383 e. The maximum Gasteiger partial charge on any atom is 0.0701 e. The molecule has 128 valence electrons. The molecule has 0 radical (unpaired) electrons. The number of methoxy groups -OCH3 is 2. The van der Waals surface area contributed by atoms with Crippen molar-refractivity contribution in [3.8, 4) is 0 Å². The maximum absolute atomic E-state index is 5.67. The van der Waals surface area contributed by atoms with Gasteiger partial charge < -0.3 is 24.3 Å². The zero-order chi connectivity index (χ0) is 16.0. The lowest BCUT2D eigenvalue weighted by atomic mass is 9.76. The predicted molar refractivity (Wildman–Crippen MR) is 85.8 cm³/mol. The van der Waals surface area contributed by atoms with Crippen LogP contribution in [0.15, 0.2) is 0 Å². The van der Waals surface area contributed by atoms with E-state index in [1.807, 2.05) is 0 Å². The molecule has 5 nitrogen and oxygen atoms in total. The normalized spacial score (nSPS) is 14.6. The first-order valence-corrected chi connectivity index (χ1v) is 7.91. The molecule has 0 rings (SSSR count). The molecule has 1 unspecified atom stereocenters. The van der Waals surface area contributed by atoms with Gasteiger partial charge in [-0.3, -0.25) is 0 Å². The molecule has 1 atom stereocenters. The van der Waals surface area contributed by atoms with Crippen LogP contribution < -0.4 is 5.32 Å². The molecule has 0 saturated heterocycles. The van der Waals surface area contributed by atoms with E-state index in [4.69, 9.17) is 18.9 Å². The minimum absolute atomic E-state index is 0.241. The monoisotopic (exact) mass is 305 g/mol. The van der Waals surface area contributed by atoms with Crippen molar-refractivity contribution in [2.75, 3.05) is 67.0 Å². The van der Waals surface area contributed by atoms with E-state index in [-0.39, 0.29) is 5.41 Å². The van der Waals surface area contributed by atoms with Gasteiger partial charge in [-0.25, -0.2) is 0 Å². The molecule has 0 aliphatic carbocycles. The van der Waals surface area contributed by atoms with E-state index in [0.717, 1.165) is 32.7 Å². The molecule has 0 aromatic heterocycles. The quantitative estimate of drug-likeness (QED) is 0.469. The van der Waals surface area contributed by atoms with Crippen molar-refractivity contribution < 1.29 is 18.9 Å². The highest BCUT2D eigenvalue weighted by Gasteiger charge is 2.27. The molecule has 0 saturated carbocycles. The van der Waals surface area contributed by atoms with E-state index < -0.39 is 0 Å². The Hall–Kier alpha value is -0.200. The Balaban J connectivity index is 3.72.